The number of carbonyl (C=O) groups excluding carboxylic acids is 1. The minimum atomic E-state index is -5.82. The van der Waals surface area contributed by atoms with Crippen LogP contribution < -0.4 is 9.62 Å². The van der Waals surface area contributed by atoms with Gasteiger partial charge in [-0.25, -0.2) is 21.8 Å². The van der Waals surface area contributed by atoms with Crippen molar-refractivity contribution in [2.24, 2.45) is 0 Å². The molecule has 0 bridgehead atoms. The van der Waals surface area contributed by atoms with Gasteiger partial charge in [0.05, 0.1) is 17.0 Å². The van der Waals surface area contributed by atoms with Gasteiger partial charge in [0.2, 0.25) is 10.0 Å². The fraction of sp³-hybridized carbons (Fsp3) is 0.250. The Morgan fingerprint density at radius 3 is 2.34 bits per heavy atom. The number of carbonyl (C=O) groups is 1. The number of sulfone groups is 1. The number of aromatic nitrogens is 1. The molecule has 1 aliphatic heterocycles. The number of nitrogens with zero attached hydrogens (tertiary/aromatic N) is 2. The van der Waals surface area contributed by atoms with Gasteiger partial charge in [-0.15, -0.1) is 0 Å². The zero-order chi connectivity index (χ0) is 21.4. The molecule has 1 aromatic heterocycles. The number of hydrogen-bond acceptors (Lipinski definition) is 6. The van der Waals surface area contributed by atoms with Crippen LogP contribution in [0.4, 0.5) is 24.5 Å². The van der Waals surface area contributed by atoms with Crippen LogP contribution in [0.3, 0.4) is 0 Å². The first-order valence-corrected chi connectivity index (χ1v) is 11.2. The van der Waals surface area contributed by atoms with Gasteiger partial charge in [0, 0.05) is 18.4 Å². The second kappa shape index (κ2) is 7.30. The van der Waals surface area contributed by atoms with E-state index in [9.17, 15) is 34.8 Å². The number of benzene rings is 1. The van der Waals surface area contributed by atoms with Gasteiger partial charge >= 0.3 is 5.51 Å². The van der Waals surface area contributed by atoms with Crippen LogP contribution in [0.5, 0.6) is 0 Å². The zero-order valence-corrected chi connectivity index (χ0v) is 16.2. The number of rotatable bonds is 4. The Balaban J connectivity index is 1.85. The Morgan fingerprint density at radius 2 is 1.79 bits per heavy atom. The number of sulfonamides is 1. The molecular weight excluding hydrogens is 435 g/mol. The van der Waals surface area contributed by atoms with Gasteiger partial charge in [-0.1, -0.05) is 0 Å². The number of alkyl halides is 3. The van der Waals surface area contributed by atoms with Crippen LogP contribution in [0.2, 0.25) is 0 Å². The Kier molecular flexibility index (Phi) is 5.30. The Labute approximate surface area is 164 Å². The molecule has 0 aliphatic carbocycles. The van der Waals surface area contributed by atoms with Crippen molar-refractivity contribution in [3.05, 3.63) is 48.2 Å². The third-order valence-electron chi connectivity index (χ3n) is 4.09. The van der Waals surface area contributed by atoms with Gasteiger partial charge in [0.25, 0.3) is 15.7 Å². The summed E-state index contributed by atoms with van der Waals surface area (Å²) in [6, 6.07) is 7.60. The maximum Gasteiger partial charge on any atom is 0.503 e. The minimum Gasteiger partial charge on any atom is -0.322 e. The lowest BCUT2D eigenvalue weighted by atomic mass is 10.2. The van der Waals surface area contributed by atoms with Crippen molar-refractivity contribution in [2.75, 3.05) is 21.9 Å². The molecule has 0 spiro atoms. The predicted molar refractivity (Wildman–Crippen MR) is 97.6 cm³/mol. The highest BCUT2D eigenvalue weighted by Gasteiger charge is 2.49. The van der Waals surface area contributed by atoms with Crippen molar-refractivity contribution < 1.29 is 34.8 Å². The van der Waals surface area contributed by atoms with Crippen molar-refractivity contribution >= 4 is 37.1 Å². The molecule has 2 aromatic rings. The summed E-state index contributed by atoms with van der Waals surface area (Å²) in [7, 11) is -9.21. The summed E-state index contributed by atoms with van der Waals surface area (Å²) in [5.41, 5.74) is -5.87. The molecule has 1 saturated heterocycles. The maximum atomic E-state index is 12.8. The molecule has 0 saturated carbocycles. The van der Waals surface area contributed by atoms with E-state index >= 15 is 0 Å². The Hall–Kier alpha value is -2.67. The molecule has 1 fully saturated rings. The van der Waals surface area contributed by atoms with Crippen LogP contribution in [0.1, 0.15) is 16.8 Å². The first-order valence-electron chi connectivity index (χ1n) is 8.12. The van der Waals surface area contributed by atoms with E-state index in [2.05, 4.69) is 10.3 Å². The molecule has 8 nitrogen and oxygen atoms in total. The molecule has 3 rings (SSSR count). The van der Waals surface area contributed by atoms with Gasteiger partial charge < -0.3 is 5.32 Å². The molecule has 1 aliphatic rings. The van der Waals surface area contributed by atoms with Gasteiger partial charge in [-0.2, -0.15) is 13.2 Å². The van der Waals surface area contributed by atoms with Crippen LogP contribution in [-0.2, 0) is 19.9 Å². The summed E-state index contributed by atoms with van der Waals surface area (Å²) in [5, 5.41) is 0.884. The number of hydrogen-bond donors (Lipinski definition) is 1. The van der Waals surface area contributed by atoms with Crippen molar-refractivity contribution in [1.29, 1.82) is 0 Å². The molecular formula is C16H14F3N3O5S2. The third-order valence-corrected chi connectivity index (χ3v) is 7.40. The fourth-order valence-electron chi connectivity index (χ4n) is 2.73. The summed E-state index contributed by atoms with van der Waals surface area (Å²) in [4.78, 5) is 15.6. The van der Waals surface area contributed by atoms with Crippen LogP contribution in [0, 0.1) is 0 Å². The lowest BCUT2D eigenvalue weighted by Crippen LogP contribution is -2.27. The van der Waals surface area contributed by atoms with Crippen LogP contribution >= 0.6 is 0 Å². The third kappa shape index (κ3) is 4.05. The van der Waals surface area contributed by atoms with E-state index in [1.165, 1.54) is 28.6 Å². The standard InChI is InChI=1S/C16H14F3N3O5S2/c17-16(18,19)29(26,27)15-13(3-1-8-20-15)14(23)21-11-4-6-12(7-5-11)22-9-2-10-28(22,24)25/h1,3-8H,2,9-10H2,(H,21,23). The highest BCUT2D eigenvalue weighted by molar-refractivity contribution is 7.93. The molecule has 0 unspecified atom stereocenters. The topological polar surface area (TPSA) is 114 Å². The number of anilines is 2. The molecule has 29 heavy (non-hydrogen) atoms. The largest absolute Gasteiger partial charge is 0.503 e. The van der Waals surface area contributed by atoms with E-state index in [1.54, 1.807) is 0 Å². The van der Waals surface area contributed by atoms with E-state index in [4.69, 9.17) is 0 Å². The van der Waals surface area contributed by atoms with E-state index < -0.39 is 41.9 Å². The predicted octanol–water partition coefficient (Wildman–Crippen LogP) is 2.17. The highest BCUT2D eigenvalue weighted by Crippen LogP contribution is 2.31. The summed E-state index contributed by atoms with van der Waals surface area (Å²) >= 11 is 0. The van der Waals surface area contributed by atoms with Gasteiger partial charge in [0.1, 0.15) is 0 Å². The lowest BCUT2D eigenvalue weighted by Gasteiger charge is -2.17. The van der Waals surface area contributed by atoms with Gasteiger partial charge in [0.15, 0.2) is 5.03 Å². The highest BCUT2D eigenvalue weighted by atomic mass is 32.2. The molecule has 2 heterocycles. The molecule has 156 valence electrons. The number of pyridine rings is 1. The molecule has 0 radical (unpaired) electrons. The van der Waals surface area contributed by atoms with Crippen molar-refractivity contribution in [3.63, 3.8) is 0 Å². The molecule has 1 amide bonds. The molecule has 1 aromatic carbocycles. The fourth-order valence-corrected chi connectivity index (χ4v) is 5.16. The Bertz CT molecular complexity index is 1150. The summed E-state index contributed by atoms with van der Waals surface area (Å²) < 4.78 is 86.9. The average Bonchev–Trinajstić information content (AvgIpc) is 3.00. The van der Waals surface area contributed by atoms with Crippen LogP contribution in [-0.4, -0.2) is 45.5 Å². The van der Waals surface area contributed by atoms with E-state index in [0.717, 1.165) is 18.3 Å². The summed E-state index contributed by atoms with van der Waals surface area (Å²) in [6.45, 7) is 0.322. The summed E-state index contributed by atoms with van der Waals surface area (Å²) in [6.07, 6.45) is 1.32. The quantitative estimate of drug-likeness (QED) is 0.765. The van der Waals surface area contributed by atoms with Crippen LogP contribution in [0.25, 0.3) is 0 Å². The number of amides is 1. The van der Waals surface area contributed by atoms with Crippen molar-refractivity contribution in [2.45, 2.75) is 17.0 Å². The lowest BCUT2D eigenvalue weighted by molar-refractivity contribution is -0.0438. The first-order chi connectivity index (χ1) is 13.4. The van der Waals surface area contributed by atoms with E-state index in [0.29, 0.717) is 18.7 Å². The van der Waals surface area contributed by atoms with Crippen molar-refractivity contribution in [1.82, 2.24) is 4.98 Å². The van der Waals surface area contributed by atoms with Crippen LogP contribution in [0.15, 0.2) is 47.6 Å². The van der Waals surface area contributed by atoms with E-state index in [-0.39, 0.29) is 11.4 Å². The second-order valence-corrected chi connectivity index (χ2v) is 9.92. The van der Waals surface area contributed by atoms with E-state index in [1.807, 2.05) is 0 Å². The molecule has 1 N–H and O–H groups in total. The molecule has 13 heteroatoms. The average molecular weight is 449 g/mol. The van der Waals surface area contributed by atoms with Gasteiger partial charge in [-0.05, 0) is 42.8 Å². The normalized spacial score (nSPS) is 16.6. The number of nitrogens with one attached hydrogen (secondary N) is 1. The zero-order valence-electron chi connectivity index (χ0n) is 14.5. The molecule has 0 atom stereocenters. The van der Waals surface area contributed by atoms with Crippen molar-refractivity contribution in [3.8, 4) is 0 Å². The monoisotopic (exact) mass is 449 g/mol. The second-order valence-electron chi connectivity index (χ2n) is 6.05. The van der Waals surface area contributed by atoms with Gasteiger partial charge in [-0.3, -0.25) is 9.10 Å². The maximum absolute atomic E-state index is 12.8. The smallest absolute Gasteiger partial charge is 0.322 e. The summed E-state index contributed by atoms with van der Waals surface area (Å²) in [5.74, 6) is -1.08. The minimum absolute atomic E-state index is 0.0307. The SMILES string of the molecule is O=C(Nc1ccc(N2CCCS2(=O)=O)cc1)c1cccnc1S(=O)(=O)C(F)(F)F. The first kappa shape index (κ1) is 21.0. The number of halogens is 3. The Morgan fingerprint density at radius 1 is 1.14 bits per heavy atom.